The standard InChI is InChI=1S/C16H33NO2.BrH/c1-4-5-6-7-8-9-10-11-12-13-14-16(2,3)17-15(18)19;/h17H,4-14H2,1-3H3,(H,18,19);1H. The molecule has 0 aromatic rings. The summed E-state index contributed by atoms with van der Waals surface area (Å²) in [5.41, 5.74) is -0.161. The van der Waals surface area contributed by atoms with Crippen LogP contribution < -0.4 is 22.3 Å². The Bertz CT molecular complexity index is 233. The Kier molecular flexibility index (Phi) is 15.4. The molecule has 0 bridgehead atoms. The molecule has 0 saturated heterocycles. The number of hydrogen-bond acceptors (Lipinski definition) is 1. The molecule has 0 rings (SSSR count). The number of nitrogens with two attached hydrogens (primary N) is 1. The van der Waals surface area contributed by atoms with E-state index in [-0.39, 0.29) is 22.5 Å². The second kappa shape index (κ2) is 13.9. The Hall–Kier alpha value is -0.0900. The van der Waals surface area contributed by atoms with Crippen LogP contribution in [0.2, 0.25) is 0 Å². The molecule has 0 atom stereocenters. The van der Waals surface area contributed by atoms with Crippen LogP contribution in [0.15, 0.2) is 0 Å². The fourth-order valence-corrected chi connectivity index (χ4v) is 2.47. The van der Waals surface area contributed by atoms with Crippen LogP contribution in [-0.2, 0) is 0 Å². The summed E-state index contributed by atoms with van der Waals surface area (Å²) in [4.78, 5) is 10.6. The van der Waals surface area contributed by atoms with Crippen LogP contribution >= 0.6 is 0 Å². The molecule has 0 aliphatic rings. The van der Waals surface area contributed by atoms with E-state index in [9.17, 15) is 4.79 Å². The largest absolute Gasteiger partial charge is 1.00 e. The van der Waals surface area contributed by atoms with Crippen molar-refractivity contribution in [2.24, 2.45) is 0 Å². The third kappa shape index (κ3) is 16.0. The number of hydrogen-bond donors (Lipinski definition) is 2. The maximum absolute atomic E-state index is 10.6. The molecule has 20 heavy (non-hydrogen) atoms. The zero-order valence-corrected chi connectivity index (χ0v) is 15.2. The average Bonchev–Trinajstić information content (AvgIpc) is 2.30. The summed E-state index contributed by atoms with van der Waals surface area (Å²) in [6, 6.07) is 0. The maximum atomic E-state index is 10.6. The first-order valence-corrected chi connectivity index (χ1v) is 8.07. The highest BCUT2D eigenvalue weighted by molar-refractivity contribution is 5.52. The molecule has 0 saturated carbocycles. The summed E-state index contributed by atoms with van der Waals surface area (Å²) in [5.74, 6) is 0. The zero-order valence-electron chi connectivity index (χ0n) is 13.6. The van der Waals surface area contributed by atoms with Crippen molar-refractivity contribution in [2.75, 3.05) is 0 Å². The molecule has 0 aliphatic carbocycles. The highest BCUT2D eigenvalue weighted by Gasteiger charge is 2.24. The molecule has 0 aromatic heterocycles. The van der Waals surface area contributed by atoms with Crippen molar-refractivity contribution >= 4 is 6.09 Å². The minimum atomic E-state index is -0.794. The molecule has 0 aromatic carbocycles. The van der Waals surface area contributed by atoms with E-state index in [4.69, 9.17) is 5.11 Å². The summed E-state index contributed by atoms with van der Waals surface area (Å²) in [6.45, 7) is 6.27. The number of amides is 1. The van der Waals surface area contributed by atoms with Gasteiger partial charge < -0.3 is 22.1 Å². The van der Waals surface area contributed by atoms with Crippen LogP contribution in [0.4, 0.5) is 4.79 Å². The van der Waals surface area contributed by atoms with E-state index in [1.165, 1.54) is 63.1 Å². The average molecular weight is 352 g/mol. The summed E-state index contributed by atoms with van der Waals surface area (Å²) < 4.78 is 0. The van der Waals surface area contributed by atoms with Gasteiger partial charge in [-0.3, -0.25) is 0 Å². The normalized spacial score (nSPS) is 11.2. The quantitative estimate of drug-likeness (QED) is 0.521. The minimum absolute atomic E-state index is 0. The van der Waals surface area contributed by atoms with E-state index in [0.717, 1.165) is 12.8 Å². The van der Waals surface area contributed by atoms with Gasteiger partial charge in [-0.2, -0.15) is 4.79 Å². The van der Waals surface area contributed by atoms with Gasteiger partial charge in [-0.05, 0) is 20.3 Å². The summed E-state index contributed by atoms with van der Waals surface area (Å²) >= 11 is 0. The van der Waals surface area contributed by atoms with E-state index in [1.807, 2.05) is 13.8 Å². The number of halogens is 1. The molecule has 0 fully saturated rings. The van der Waals surface area contributed by atoms with Gasteiger partial charge in [0.15, 0.2) is 0 Å². The van der Waals surface area contributed by atoms with Crippen molar-refractivity contribution in [1.82, 2.24) is 0 Å². The van der Waals surface area contributed by atoms with Crippen molar-refractivity contribution in [3.63, 3.8) is 0 Å². The second-order valence-electron chi connectivity index (χ2n) is 6.40. The van der Waals surface area contributed by atoms with Gasteiger partial charge in [-0.25, -0.2) is 5.32 Å². The second-order valence-corrected chi connectivity index (χ2v) is 6.40. The minimum Gasteiger partial charge on any atom is -1.00 e. The van der Waals surface area contributed by atoms with Crippen molar-refractivity contribution in [1.29, 1.82) is 0 Å². The van der Waals surface area contributed by atoms with E-state index in [2.05, 4.69) is 6.92 Å². The smallest absolute Gasteiger partial charge is 0.510 e. The Morgan fingerprint density at radius 3 is 1.70 bits per heavy atom. The third-order valence-electron chi connectivity index (χ3n) is 3.69. The van der Waals surface area contributed by atoms with Crippen LogP contribution in [0.3, 0.4) is 0 Å². The van der Waals surface area contributed by atoms with Gasteiger partial charge in [-0.1, -0.05) is 64.7 Å². The lowest BCUT2D eigenvalue weighted by Crippen LogP contribution is -3.00. The highest BCUT2D eigenvalue weighted by Crippen LogP contribution is 2.14. The molecular weight excluding hydrogens is 318 g/mol. The van der Waals surface area contributed by atoms with E-state index >= 15 is 0 Å². The molecule has 3 nitrogen and oxygen atoms in total. The number of unbranched alkanes of at least 4 members (excludes halogenated alkanes) is 9. The van der Waals surface area contributed by atoms with Crippen LogP contribution in [-0.4, -0.2) is 16.7 Å². The van der Waals surface area contributed by atoms with Gasteiger partial charge in [0, 0.05) is 6.42 Å². The first-order valence-electron chi connectivity index (χ1n) is 8.07. The van der Waals surface area contributed by atoms with Crippen molar-refractivity contribution in [3.05, 3.63) is 0 Å². The SMILES string of the molecule is CCCCCCCCCCCCC(C)(C)[NH2+]C(=O)O.[Br-]. The lowest BCUT2D eigenvalue weighted by atomic mass is 9.96. The molecular formula is C16H34BrNO2. The molecule has 1 amide bonds. The van der Waals surface area contributed by atoms with Crippen LogP contribution in [0.25, 0.3) is 0 Å². The number of rotatable bonds is 12. The Labute approximate surface area is 135 Å². The Balaban J connectivity index is 0. The van der Waals surface area contributed by atoms with Gasteiger partial charge >= 0.3 is 6.09 Å². The lowest BCUT2D eigenvalue weighted by molar-refractivity contribution is -0.642. The molecule has 122 valence electrons. The van der Waals surface area contributed by atoms with Gasteiger partial charge in [-0.15, -0.1) is 0 Å². The monoisotopic (exact) mass is 351 g/mol. The van der Waals surface area contributed by atoms with E-state index in [1.54, 1.807) is 0 Å². The fraction of sp³-hybridized carbons (Fsp3) is 0.938. The van der Waals surface area contributed by atoms with E-state index in [0.29, 0.717) is 0 Å². The summed E-state index contributed by atoms with van der Waals surface area (Å²) in [6.07, 6.45) is 13.5. The van der Waals surface area contributed by atoms with E-state index < -0.39 is 6.09 Å². The molecule has 3 N–H and O–H groups in total. The Morgan fingerprint density at radius 2 is 1.30 bits per heavy atom. The lowest BCUT2D eigenvalue weighted by Gasteiger charge is -2.19. The molecule has 0 radical (unpaired) electrons. The van der Waals surface area contributed by atoms with Crippen LogP contribution in [0, 0.1) is 0 Å². The van der Waals surface area contributed by atoms with Gasteiger partial charge in [0.1, 0.15) is 5.54 Å². The first-order chi connectivity index (χ1) is 8.98. The van der Waals surface area contributed by atoms with Crippen LogP contribution in [0.1, 0.15) is 91.4 Å². The third-order valence-corrected chi connectivity index (χ3v) is 3.69. The predicted octanol–water partition coefficient (Wildman–Crippen LogP) is 1.32. The first kappa shape index (κ1) is 22.2. The van der Waals surface area contributed by atoms with Gasteiger partial charge in [0.2, 0.25) is 0 Å². The topological polar surface area (TPSA) is 53.9 Å². The molecule has 0 heterocycles. The Morgan fingerprint density at radius 1 is 0.900 bits per heavy atom. The zero-order chi connectivity index (χ0) is 14.6. The van der Waals surface area contributed by atoms with Crippen molar-refractivity contribution in [3.8, 4) is 0 Å². The number of carboxylic acid groups (broad SMARTS) is 1. The number of primary amides is 1. The van der Waals surface area contributed by atoms with Crippen LogP contribution in [0.5, 0.6) is 0 Å². The molecule has 0 aliphatic heterocycles. The van der Waals surface area contributed by atoms with Crippen molar-refractivity contribution < 1.29 is 32.2 Å². The highest BCUT2D eigenvalue weighted by atomic mass is 79.9. The van der Waals surface area contributed by atoms with Gasteiger partial charge in [0.25, 0.3) is 0 Å². The van der Waals surface area contributed by atoms with Crippen molar-refractivity contribution in [2.45, 2.75) is 96.9 Å². The number of carbonyl (C=O) groups is 1. The molecule has 0 unspecified atom stereocenters. The summed E-state index contributed by atoms with van der Waals surface area (Å²) in [7, 11) is 0. The predicted molar refractivity (Wildman–Crippen MR) is 80.5 cm³/mol. The molecule has 4 heteroatoms. The molecule has 0 spiro atoms. The fourth-order valence-electron chi connectivity index (χ4n) is 2.47. The summed E-state index contributed by atoms with van der Waals surface area (Å²) in [5, 5.41) is 10.2. The maximum Gasteiger partial charge on any atom is 0.510 e. The number of quaternary nitrogens is 1. The van der Waals surface area contributed by atoms with Gasteiger partial charge in [0.05, 0.1) is 0 Å².